The highest BCUT2D eigenvalue weighted by Crippen LogP contribution is 2.38. The van der Waals surface area contributed by atoms with Gasteiger partial charge in [0.05, 0.1) is 17.3 Å². The molecule has 0 aliphatic carbocycles. The van der Waals surface area contributed by atoms with Crippen molar-refractivity contribution in [3.8, 4) is 0 Å². The zero-order valence-corrected chi connectivity index (χ0v) is 20.0. The highest BCUT2D eigenvalue weighted by atomic mass is 35.5. The monoisotopic (exact) mass is 483 g/mol. The lowest BCUT2D eigenvalue weighted by Gasteiger charge is -2.32. The standard InChI is InChI=1S/C20H31Cl2NO6S/c1-4-5-6-7-8-9-10-30(27,28)29-15-20(24,14-19(3,21)22)17-11-16(2)12-18(13-17)23(25)26/h11-13,24H,4-10,14-15H2,1-3H3. The normalized spacial score (nSPS) is 14.5. The first-order valence-electron chi connectivity index (χ1n) is 10.0. The van der Waals surface area contributed by atoms with Crippen LogP contribution in [-0.2, 0) is 19.9 Å². The average Bonchev–Trinajstić information content (AvgIpc) is 2.61. The molecule has 172 valence electrons. The molecule has 0 aliphatic heterocycles. The Morgan fingerprint density at radius 1 is 1.13 bits per heavy atom. The van der Waals surface area contributed by atoms with Crippen molar-refractivity contribution in [2.75, 3.05) is 12.4 Å². The summed E-state index contributed by atoms with van der Waals surface area (Å²) in [4.78, 5) is 10.6. The molecule has 1 unspecified atom stereocenters. The second kappa shape index (κ2) is 11.6. The number of non-ortho nitro benzene ring substituents is 1. The maximum Gasteiger partial charge on any atom is 0.270 e. The summed E-state index contributed by atoms with van der Waals surface area (Å²) in [6.45, 7) is 4.54. The van der Waals surface area contributed by atoms with Crippen LogP contribution in [0.5, 0.6) is 0 Å². The maximum atomic E-state index is 12.3. The molecule has 7 nitrogen and oxygen atoms in total. The zero-order valence-electron chi connectivity index (χ0n) is 17.7. The zero-order chi connectivity index (χ0) is 23.0. The predicted octanol–water partition coefficient (Wildman–Crippen LogP) is 5.38. The van der Waals surface area contributed by atoms with E-state index < -0.39 is 31.6 Å². The number of hydrogen-bond acceptors (Lipinski definition) is 6. The minimum Gasteiger partial charge on any atom is -0.383 e. The third-order valence-electron chi connectivity index (χ3n) is 4.64. The second-order valence-corrected chi connectivity index (χ2v) is 11.5. The SMILES string of the molecule is CCCCCCCCS(=O)(=O)OCC(O)(CC(C)(Cl)Cl)c1cc(C)cc([N+](=O)[O-])c1. The number of nitro benzene ring substituents is 1. The molecule has 1 N–H and O–H groups in total. The summed E-state index contributed by atoms with van der Waals surface area (Å²) < 4.78 is 28.3. The van der Waals surface area contributed by atoms with Crippen molar-refractivity contribution in [1.82, 2.24) is 0 Å². The second-order valence-electron chi connectivity index (χ2n) is 7.88. The van der Waals surface area contributed by atoms with Crippen molar-refractivity contribution >= 4 is 39.0 Å². The summed E-state index contributed by atoms with van der Waals surface area (Å²) in [7, 11) is -3.89. The van der Waals surface area contributed by atoms with E-state index in [0.717, 1.165) is 32.1 Å². The van der Waals surface area contributed by atoms with Gasteiger partial charge in [0.25, 0.3) is 15.8 Å². The third-order valence-corrected chi connectivity index (χ3v) is 6.17. The van der Waals surface area contributed by atoms with E-state index in [2.05, 4.69) is 6.92 Å². The molecule has 0 amide bonds. The Balaban J connectivity index is 2.95. The average molecular weight is 484 g/mol. The van der Waals surface area contributed by atoms with Crippen LogP contribution in [0.25, 0.3) is 0 Å². The molecule has 1 atom stereocenters. The topological polar surface area (TPSA) is 107 Å². The van der Waals surface area contributed by atoms with Crippen molar-refractivity contribution < 1.29 is 22.6 Å². The smallest absolute Gasteiger partial charge is 0.270 e. The quantitative estimate of drug-likeness (QED) is 0.125. The minimum atomic E-state index is -3.89. The molecule has 0 aromatic heterocycles. The number of halogens is 2. The molecule has 0 spiro atoms. The van der Waals surface area contributed by atoms with Crippen LogP contribution in [0.1, 0.15) is 69.9 Å². The number of hydrogen-bond donors (Lipinski definition) is 1. The number of aryl methyl sites for hydroxylation is 1. The molecule has 0 bridgehead atoms. The van der Waals surface area contributed by atoms with E-state index in [0.29, 0.717) is 12.0 Å². The summed E-state index contributed by atoms with van der Waals surface area (Å²) in [6, 6.07) is 4.05. The highest BCUT2D eigenvalue weighted by molar-refractivity contribution is 7.86. The van der Waals surface area contributed by atoms with Crippen LogP contribution in [0.3, 0.4) is 0 Å². The van der Waals surface area contributed by atoms with E-state index in [-0.39, 0.29) is 23.4 Å². The van der Waals surface area contributed by atoms with Gasteiger partial charge in [-0.25, -0.2) is 0 Å². The molecule has 1 rings (SSSR count). The fourth-order valence-electron chi connectivity index (χ4n) is 3.19. The Morgan fingerprint density at radius 3 is 2.30 bits per heavy atom. The first-order valence-corrected chi connectivity index (χ1v) is 12.4. The van der Waals surface area contributed by atoms with Crippen molar-refractivity contribution in [2.45, 2.75) is 75.7 Å². The van der Waals surface area contributed by atoms with E-state index in [1.54, 1.807) is 6.92 Å². The fraction of sp³-hybridized carbons (Fsp3) is 0.700. The van der Waals surface area contributed by atoms with Crippen molar-refractivity contribution in [3.63, 3.8) is 0 Å². The molecule has 0 saturated heterocycles. The van der Waals surface area contributed by atoms with Gasteiger partial charge in [-0.3, -0.25) is 14.3 Å². The van der Waals surface area contributed by atoms with Crippen LogP contribution in [0.2, 0.25) is 0 Å². The third kappa shape index (κ3) is 9.92. The number of benzene rings is 1. The molecule has 0 radical (unpaired) electrons. The number of unbranched alkanes of at least 4 members (excludes halogenated alkanes) is 5. The first-order chi connectivity index (χ1) is 13.8. The lowest BCUT2D eigenvalue weighted by atomic mass is 9.88. The van der Waals surface area contributed by atoms with Gasteiger partial charge in [0.15, 0.2) is 0 Å². The van der Waals surface area contributed by atoms with Gasteiger partial charge < -0.3 is 5.11 Å². The first kappa shape index (κ1) is 27.1. The van der Waals surface area contributed by atoms with Gasteiger partial charge in [-0.1, -0.05) is 45.1 Å². The van der Waals surface area contributed by atoms with Crippen LogP contribution in [0.4, 0.5) is 5.69 Å². The van der Waals surface area contributed by atoms with Crippen molar-refractivity contribution in [3.05, 3.63) is 39.4 Å². The molecule has 1 aromatic rings. The summed E-state index contributed by atoms with van der Waals surface area (Å²) in [5, 5.41) is 22.4. The molecular weight excluding hydrogens is 453 g/mol. The maximum absolute atomic E-state index is 12.3. The molecule has 1 aromatic carbocycles. The Labute approximate surface area is 189 Å². The Kier molecular flexibility index (Phi) is 10.5. The van der Waals surface area contributed by atoms with Gasteiger partial charge in [-0.15, -0.1) is 23.2 Å². The predicted molar refractivity (Wildman–Crippen MR) is 120 cm³/mol. The van der Waals surface area contributed by atoms with Gasteiger partial charge in [-0.05, 0) is 31.4 Å². The summed E-state index contributed by atoms with van der Waals surface area (Å²) in [5.74, 6) is -0.164. The number of nitro groups is 1. The van der Waals surface area contributed by atoms with Crippen LogP contribution < -0.4 is 0 Å². The van der Waals surface area contributed by atoms with Crippen LogP contribution in [0.15, 0.2) is 18.2 Å². The molecule has 0 heterocycles. The molecule has 0 aliphatic rings. The van der Waals surface area contributed by atoms with Gasteiger partial charge in [0.1, 0.15) is 9.93 Å². The van der Waals surface area contributed by atoms with E-state index in [1.165, 1.54) is 25.1 Å². The fourth-order valence-corrected chi connectivity index (χ4v) is 4.68. The summed E-state index contributed by atoms with van der Waals surface area (Å²) >= 11 is 12.1. The van der Waals surface area contributed by atoms with E-state index in [9.17, 15) is 23.6 Å². The molecular formula is C20H31Cl2NO6S. The molecule has 0 fully saturated rings. The number of alkyl halides is 2. The minimum absolute atomic E-state index is 0.122. The Bertz CT molecular complexity index is 810. The Morgan fingerprint density at radius 2 is 1.73 bits per heavy atom. The molecule has 0 saturated carbocycles. The van der Waals surface area contributed by atoms with E-state index >= 15 is 0 Å². The van der Waals surface area contributed by atoms with E-state index in [1.807, 2.05) is 0 Å². The lowest BCUT2D eigenvalue weighted by Crippen LogP contribution is -2.38. The number of aliphatic hydroxyl groups is 1. The summed E-state index contributed by atoms with van der Waals surface area (Å²) in [6.07, 6.45) is 5.20. The van der Waals surface area contributed by atoms with Crippen molar-refractivity contribution in [1.29, 1.82) is 0 Å². The highest BCUT2D eigenvalue weighted by Gasteiger charge is 2.39. The van der Waals surface area contributed by atoms with Gasteiger partial charge in [0.2, 0.25) is 0 Å². The molecule has 10 heteroatoms. The number of rotatable bonds is 14. The van der Waals surface area contributed by atoms with Crippen LogP contribution in [0, 0.1) is 17.0 Å². The number of nitrogens with zero attached hydrogens (tertiary/aromatic N) is 1. The van der Waals surface area contributed by atoms with Crippen molar-refractivity contribution in [2.24, 2.45) is 0 Å². The van der Waals surface area contributed by atoms with Gasteiger partial charge in [-0.2, -0.15) is 8.42 Å². The van der Waals surface area contributed by atoms with Gasteiger partial charge >= 0.3 is 0 Å². The Hall–Kier alpha value is -0.930. The lowest BCUT2D eigenvalue weighted by molar-refractivity contribution is -0.385. The van der Waals surface area contributed by atoms with E-state index in [4.69, 9.17) is 27.4 Å². The molecule has 30 heavy (non-hydrogen) atoms. The largest absolute Gasteiger partial charge is 0.383 e. The van der Waals surface area contributed by atoms with Crippen LogP contribution >= 0.6 is 23.2 Å². The summed E-state index contributed by atoms with van der Waals surface area (Å²) in [5.41, 5.74) is -1.51. The van der Waals surface area contributed by atoms with Crippen LogP contribution in [-0.4, -0.2) is 35.1 Å². The van der Waals surface area contributed by atoms with Gasteiger partial charge in [0, 0.05) is 18.6 Å².